The molecule has 1 aromatic carbocycles. The van der Waals surface area contributed by atoms with Crippen LogP contribution in [0, 0.1) is 23.2 Å². The minimum Gasteiger partial charge on any atom is -0.481 e. The quantitative estimate of drug-likeness (QED) is 0.598. The zero-order valence-corrected chi connectivity index (χ0v) is 16.9. The number of carbonyl (C=O) groups is 1. The SMILES string of the molecule is N#CC1CCCCC1n1nc(NC2c3ccccc3CC2C(=O)O)c2c(=O)[nH]ccc21. The summed E-state index contributed by atoms with van der Waals surface area (Å²) in [4.78, 5) is 27.4. The molecule has 0 spiro atoms. The van der Waals surface area contributed by atoms with Crippen molar-refractivity contribution in [3.8, 4) is 6.07 Å². The number of hydrogen-bond acceptors (Lipinski definition) is 5. The topological polar surface area (TPSA) is 124 Å². The van der Waals surface area contributed by atoms with Crippen molar-refractivity contribution in [3.63, 3.8) is 0 Å². The fourth-order valence-corrected chi connectivity index (χ4v) is 5.16. The molecule has 4 unspecified atom stereocenters. The number of H-pyrrole nitrogens is 1. The van der Waals surface area contributed by atoms with Crippen molar-refractivity contribution < 1.29 is 9.90 Å². The number of hydrogen-bond donors (Lipinski definition) is 3. The lowest BCUT2D eigenvalue weighted by atomic mass is 9.85. The molecule has 3 aromatic rings. The highest BCUT2D eigenvalue weighted by Crippen LogP contribution is 2.41. The van der Waals surface area contributed by atoms with Gasteiger partial charge in [0.05, 0.1) is 35.5 Å². The smallest absolute Gasteiger partial charge is 0.309 e. The first-order valence-corrected chi connectivity index (χ1v) is 10.6. The zero-order valence-electron chi connectivity index (χ0n) is 16.9. The summed E-state index contributed by atoms with van der Waals surface area (Å²) < 4.78 is 1.80. The van der Waals surface area contributed by atoms with Crippen LogP contribution in [0.5, 0.6) is 0 Å². The summed E-state index contributed by atoms with van der Waals surface area (Å²) in [5, 5.41) is 27.9. The van der Waals surface area contributed by atoms with E-state index in [1.807, 2.05) is 24.3 Å². The van der Waals surface area contributed by atoms with Crippen molar-refractivity contribution in [2.45, 2.75) is 44.2 Å². The summed E-state index contributed by atoms with van der Waals surface area (Å²) in [6, 6.07) is 11.3. The van der Waals surface area contributed by atoms with Crippen LogP contribution in [0.3, 0.4) is 0 Å². The lowest BCUT2D eigenvalue weighted by Gasteiger charge is -2.27. The van der Waals surface area contributed by atoms with Gasteiger partial charge in [-0.25, -0.2) is 0 Å². The Morgan fingerprint density at radius 2 is 2.06 bits per heavy atom. The molecule has 2 aromatic heterocycles. The molecule has 0 amide bonds. The number of pyridine rings is 1. The summed E-state index contributed by atoms with van der Waals surface area (Å²) in [5.74, 6) is -1.33. The van der Waals surface area contributed by atoms with Gasteiger partial charge in [-0.05, 0) is 36.5 Å². The molecular weight excluding hydrogens is 394 g/mol. The van der Waals surface area contributed by atoms with Gasteiger partial charge in [0.15, 0.2) is 5.82 Å². The van der Waals surface area contributed by atoms with Gasteiger partial charge < -0.3 is 15.4 Å². The molecule has 0 radical (unpaired) electrons. The molecule has 1 fully saturated rings. The van der Waals surface area contributed by atoms with E-state index in [0.29, 0.717) is 23.1 Å². The van der Waals surface area contributed by atoms with Crippen molar-refractivity contribution in [1.29, 1.82) is 5.26 Å². The van der Waals surface area contributed by atoms with E-state index in [-0.39, 0.29) is 17.5 Å². The summed E-state index contributed by atoms with van der Waals surface area (Å²) >= 11 is 0. The standard InChI is InChI=1S/C23H23N5O3/c24-12-14-6-2-4-8-17(14)28-18-9-10-25-22(29)19(18)21(27-28)26-20-15-7-3-1-5-13(15)11-16(20)23(30)31/h1,3,5,7,9-10,14,16-17,20H,2,4,6,8,11H2,(H,25,29)(H,26,27)(H,30,31). The third-order valence-corrected chi connectivity index (χ3v) is 6.68. The van der Waals surface area contributed by atoms with E-state index in [1.165, 1.54) is 0 Å². The molecule has 3 N–H and O–H groups in total. The maximum atomic E-state index is 12.8. The highest BCUT2D eigenvalue weighted by molar-refractivity contribution is 5.90. The molecule has 158 valence electrons. The van der Waals surface area contributed by atoms with E-state index in [2.05, 4.69) is 16.4 Å². The van der Waals surface area contributed by atoms with Crippen LogP contribution in [0.25, 0.3) is 10.9 Å². The first-order valence-electron chi connectivity index (χ1n) is 10.6. The summed E-state index contributed by atoms with van der Waals surface area (Å²) in [6.45, 7) is 0. The Labute approximate surface area is 178 Å². The molecule has 2 aliphatic rings. The zero-order chi connectivity index (χ0) is 21.5. The first-order chi connectivity index (χ1) is 15.1. The van der Waals surface area contributed by atoms with Gasteiger partial charge in [0, 0.05) is 6.20 Å². The number of nitrogens with one attached hydrogen (secondary N) is 2. The number of aromatic amines is 1. The van der Waals surface area contributed by atoms with Crippen LogP contribution < -0.4 is 10.9 Å². The second-order valence-corrected chi connectivity index (χ2v) is 8.42. The molecule has 4 atom stereocenters. The van der Waals surface area contributed by atoms with E-state index in [4.69, 9.17) is 5.10 Å². The van der Waals surface area contributed by atoms with Crippen molar-refractivity contribution in [2.24, 2.45) is 11.8 Å². The minimum absolute atomic E-state index is 0.107. The molecule has 2 aliphatic carbocycles. The van der Waals surface area contributed by atoms with E-state index in [9.17, 15) is 20.0 Å². The number of nitrogens with zero attached hydrogens (tertiary/aromatic N) is 3. The molecule has 0 aliphatic heterocycles. The van der Waals surface area contributed by atoms with Gasteiger partial charge in [0.2, 0.25) is 0 Å². The number of nitriles is 1. The molecule has 5 rings (SSSR count). The Hall–Kier alpha value is -3.60. The molecule has 8 nitrogen and oxygen atoms in total. The number of fused-ring (bicyclic) bond motifs is 2. The van der Waals surface area contributed by atoms with Crippen LogP contribution in [0.1, 0.15) is 48.9 Å². The first kappa shape index (κ1) is 19.4. The van der Waals surface area contributed by atoms with Crippen molar-refractivity contribution in [3.05, 3.63) is 58.0 Å². The Kier molecular flexibility index (Phi) is 4.74. The number of carboxylic acid groups (broad SMARTS) is 1. The van der Waals surface area contributed by atoms with Crippen LogP contribution >= 0.6 is 0 Å². The largest absolute Gasteiger partial charge is 0.481 e. The maximum Gasteiger partial charge on any atom is 0.309 e. The number of carboxylic acids is 1. The Bertz CT molecular complexity index is 1250. The van der Waals surface area contributed by atoms with Gasteiger partial charge in [0.1, 0.15) is 5.39 Å². The van der Waals surface area contributed by atoms with Crippen molar-refractivity contribution >= 4 is 22.7 Å². The second-order valence-electron chi connectivity index (χ2n) is 8.42. The van der Waals surface area contributed by atoms with Crippen LogP contribution in [0.2, 0.25) is 0 Å². The number of benzene rings is 1. The van der Waals surface area contributed by atoms with Gasteiger partial charge in [0.25, 0.3) is 5.56 Å². The molecular formula is C23H23N5O3. The van der Waals surface area contributed by atoms with Gasteiger partial charge in [-0.2, -0.15) is 10.4 Å². The number of aliphatic carboxylic acids is 1. The monoisotopic (exact) mass is 417 g/mol. The molecule has 8 heteroatoms. The average molecular weight is 417 g/mol. The average Bonchev–Trinajstić information content (AvgIpc) is 3.34. The molecule has 2 heterocycles. The van der Waals surface area contributed by atoms with Crippen LogP contribution in [0.15, 0.2) is 41.3 Å². The number of aromatic nitrogens is 3. The fourth-order valence-electron chi connectivity index (χ4n) is 5.16. The molecule has 31 heavy (non-hydrogen) atoms. The minimum atomic E-state index is -0.886. The predicted molar refractivity (Wildman–Crippen MR) is 115 cm³/mol. The van der Waals surface area contributed by atoms with Crippen LogP contribution in [-0.4, -0.2) is 25.8 Å². The van der Waals surface area contributed by atoms with E-state index in [0.717, 1.165) is 36.8 Å². The van der Waals surface area contributed by atoms with Gasteiger partial charge in [-0.3, -0.25) is 14.3 Å². The predicted octanol–water partition coefficient (Wildman–Crippen LogP) is 3.39. The highest BCUT2D eigenvalue weighted by Gasteiger charge is 2.38. The third-order valence-electron chi connectivity index (χ3n) is 6.68. The summed E-state index contributed by atoms with van der Waals surface area (Å²) in [7, 11) is 0. The second kappa shape index (κ2) is 7.58. The highest BCUT2D eigenvalue weighted by atomic mass is 16.4. The molecule has 0 saturated heterocycles. The fraction of sp³-hybridized carbons (Fsp3) is 0.391. The lowest BCUT2D eigenvalue weighted by molar-refractivity contribution is -0.141. The Morgan fingerprint density at radius 3 is 2.87 bits per heavy atom. The third kappa shape index (κ3) is 3.17. The van der Waals surface area contributed by atoms with Crippen LogP contribution in [-0.2, 0) is 11.2 Å². The Morgan fingerprint density at radius 1 is 1.26 bits per heavy atom. The van der Waals surface area contributed by atoms with E-state index < -0.39 is 17.9 Å². The van der Waals surface area contributed by atoms with Crippen molar-refractivity contribution in [2.75, 3.05) is 5.32 Å². The van der Waals surface area contributed by atoms with E-state index >= 15 is 0 Å². The lowest BCUT2D eigenvalue weighted by Crippen LogP contribution is -2.25. The van der Waals surface area contributed by atoms with Crippen LogP contribution in [0.4, 0.5) is 5.82 Å². The van der Waals surface area contributed by atoms with Gasteiger partial charge >= 0.3 is 5.97 Å². The number of rotatable bonds is 4. The van der Waals surface area contributed by atoms with E-state index in [1.54, 1.807) is 16.9 Å². The summed E-state index contributed by atoms with van der Waals surface area (Å²) in [5.41, 5.74) is 2.28. The molecule has 1 saturated carbocycles. The summed E-state index contributed by atoms with van der Waals surface area (Å²) in [6.07, 6.45) is 5.67. The Balaban J connectivity index is 1.62. The van der Waals surface area contributed by atoms with Gasteiger partial charge in [-0.1, -0.05) is 37.1 Å². The van der Waals surface area contributed by atoms with Crippen molar-refractivity contribution in [1.82, 2.24) is 14.8 Å². The maximum absolute atomic E-state index is 12.8. The molecule has 0 bridgehead atoms. The number of anilines is 1. The van der Waals surface area contributed by atoms with Gasteiger partial charge in [-0.15, -0.1) is 0 Å². The normalized spacial score (nSPS) is 25.1.